The summed E-state index contributed by atoms with van der Waals surface area (Å²) < 4.78 is 36.1. The highest BCUT2D eigenvalue weighted by Crippen LogP contribution is 2.34. The molecule has 21 nitrogen and oxygen atoms in total. The first-order chi connectivity index (χ1) is 66.2. The van der Waals surface area contributed by atoms with E-state index in [9.17, 15) is 28.8 Å². The van der Waals surface area contributed by atoms with Gasteiger partial charge in [-0.25, -0.2) is 15.0 Å². The quantitative estimate of drug-likeness (QED) is 0.0153. The first kappa shape index (κ1) is 95.4. The van der Waals surface area contributed by atoms with Crippen molar-refractivity contribution in [3.05, 3.63) is 366 Å². The van der Waals surface area contributed by atoms with Crippen molar-refractivity contribution in [3.8, 4) is 34.5 Å². The Morgan fingerprint density at radius 1 is 0.228 bits per heavy atom. The van der Waals surface area contributed by atoms with E-state index in [0.29, 0.717) is 39.6 Å². The molecule has 0 radical (unpaired) electrons. The number of benzene rings is 12. The van der Waals surface area contributed by atoms with Gasteiger partial charge in [-0.15, -0.1) is 0 Å². The van der Waals surface area contributed by atoms with E-state index in [-0.39, 0.29) is 106 Å². The molecular formula is C115H117N9O12. The second-order valence-corrected chi connectivity index (χ2v) is 34.8. The number of hydrogen-bond donors (Lipinski definition) is 6. The van der Waals surface area contributed by atoms with Crippen LogP contribution in [0.25, 0.3) is 64.6 Å². The molecule has 0 saturated carbocycles. The fourth-order valence-corrected chi connectivity index (χ4v) is 16.7. The molecule has 0 aliphatic carbocycles. The summed E-state index contributed by atoms with van der Waals surface area (Å²) in [4.78, 5) is 94.6. The zero-order valence-corrected chi connectivity index (χ0v) is 78.0. The highest BCUT2D eigenvalue weighted by atomic mass is 16.5. The lowest BCUT2D eigenvalue weighted by atomic mass is 10.0. The van der Waals surface area contributed by atoms with Gasteiger partial charge in [0, 0.05) is 0 Å². The molecule has 0 spiro atoms. The van der Waals surface area contributed by atoms with Gasteiger partial charge in [0.2, 0.25) is 0 Å². The summed E-state index contributed by atoms with van der Waals surface area (Å²) in [6.07, 6.45) is 15.9. The average Bonchev–Trinajstić information content (AvgIpc) is 0.821. The molecule has 0 bridgehead atoms. The molecule has 3 aromatic heterocycles. The fraction of sp³-hybridized carbons (Fsp3) is 0.261. The van der Waals surface area contributed by atoms with Crippen LogP contribution in [0.3, 0.4) is 0 Å². The monoisotopic (exact) mass is 1820 g/mol. The van der Waals surface area contributed by atoms with Crippen LogP contribution >= 0.6 is 0 Å². The number of carbonyl (C=O) groups excluding carboxylic acids is 6. The molecule has 0 aliphatic rings. The Morgan fingerprint density at radius 3 is 0.574 bits per heavy atom. The molecule has 21 heteroatoms. The van der Waals surface area contributed by atoms with Gasteiger partial charge in [0.1, 0.15) is 81.9 Å². The van der Waals surface area contributed by atoms with Crippen molar-refractivity contribution in [2.45, 2.75) is 155 Å². The number of rotatable bonds is 46. The Kier molecular flexibility index (Phi) is 32.5. The van der Waals surface area contributed by atoms with E-state index < -0.39 is 0 Å². The van der Waals surface area contributed by atoms with Gasteiger partial charge >= 0.3 is 0 Å². The molecule has 6 N–H and O–H groups in total. The van der Waals surface area contributed by atoms with Crippen molar-refractivity contribution in [1.82, 2.24) is 46.9 Å². The number of aromatic nitrogens is 3. The van der Waals surface area contributed by atoms with Crippen LogP contribution < -0.4 is 60.3 Å². The normalized spacial score (nSPS) is 12.6. The number of nitrogens with one attached hydrogen (secondary N) is 6. The minimum atomic E-state index is -0.386. The molecule has 6 amide bonds. The summed E-state index contributed by atoms with van der Waals surface area (Å²) in [6, 6.07) is 85.3. The van der Waals surface area contributed by atoms with Crippen LogP contribution in [0.5, 0.6) is 34.5 Å². The van der Waals surface area contributed by atoms with Crippen molar-refractivity contribution in [3.63, 3.8) is 0 Å². The Morgan fingerprint density at radius 2 is 0.390 bits per heavy atom. The second kappa shape index (κ2) is 46.4. The summed E-state index contributed by atoms with van der Waals surface area (Å²) in [5.74, 6) is 2.50. The molecule has 0 unspecified atom stereocenters. The van der Waals surface area contributed by atoms with Gasteiger partial charge in [-0.3, -0.25) is 28.8 Å². The highest BCUT2D eigenvalue weighted by molar-refractivity contribution is 6.00. The fourth-order valence-electron chi connectivity index (χ4n) is 16.7. The molecule has 3 heterocycles. The largest absolute Gasteiger partial charge is 0.494 e. The summed E-state index contributed by atoms with van der Waals surface area (Å²) >= 11 is 0. The lowest BCUT2D eigenvalue weighted by Gasteiger charge is -2.17. The third kappa shape index (κ3) is 25.8. The Balaban J connectivity index is 0.410. The zero-order valence-electron chi connectivity index (χ0n) is 78.0. The predicted molar refractivity (Wildman–Crippen MR) is 540 cm³/mol. The Bertz CT molecular complexity index is 6440. The number of carbonyl (C=O) groups is 6. The number of hydrogen-bond acceptors (Lipinski definition) is 15. The van der Waals surface area contributed by atoms with Gasteiger partial charge < -0.3 is 60.3 Å². The minimum absolute atomic E-state index is 0.144. The van der Waals surface area contributed by atoms with E-state index in [1.165, 1.54) is 0 Å². The van der Waals surface area contributed by atoms with Crippen LogP contribution in [0.1, 0.15) is 251 Å². The molecular weight excluding hydrogens is 1700 g/mol. The van der Waals surface area contributed by atoms with Gasteiger partial charge in [0.25, 0.3) is 35.4 Å². The molecule has 12 aromatic carbocycles. The van der Waals surface area contributed by atoms with Gasteiger partial charge in [-0.05, 0) is 311 Å². The molecule has 15 aromatic rings. The highest BCUT2D eigenvalue weighted by Gasteiger charge is 2.24. The lowest BCUT2D eigenvalue weighted by molar-refractivity contribution is 0.0914. The summed E-state index contributed by atoms with van der Waals surface area (Å²) in [5, 5.41) is 30.7. The van der Waals surface area contributed by atoms with E-state index in [4.69, 9.17) is 28.4 Å². The van der Waals surface area contributed by atoms with Gasteiger partial charge in [0.15, 0.2) is 0 Å². The number of pyridine rings is 3. The number of amides is 6. The molecule has 0 fully saturated rings. The maximum absolute atomic E-state index is 13.7. The van der Waals surface area contributed by atoms with Gasteiger partial charge in [-0.2, -0.15) is 0 Å². The molecule has 0 saturated heterocycles. The SMILES string of the molecule is C=CCOc1ccc2cc([C@@H](C)NC(=O)c3cccc(C(=O)N[C@H](C)c4ccc5cc(OCCCCCCCCOc6ccc7cc([C@@H](C)NC(=O)c8cccc(C(=O)N[C@H](C)c9ccc%10cc(OCCCCCCCCOc%11ccc%12cc([C@@H](C)NC(=O)c%13cccc(C(=O)N[C@H](C)c%14ccc%15cc(OCC=C)ccc%15c%14)n%13)ccc%12c%11)ccc%10c9)n8)ccc7c6)ccc5c4)n3)ccc2c1. The number of unbranched alkanes of at least 4 members (excludes halogenated alkanes) is 10. The minimum Gasteiger partial charge on any atom is -0.494 e. The van der Waals surface area contributed by atoms with Crippen LogP contribution in [0.4, 0.5) is 0 Å². The van der Waals surface area contributed by atoms with E-state index in [1.807, 2.05) is 224 Å². The van der Waals surface area contributed by atoms with Crippen molar-refractivity contribution >= 4 is 100 Å². The van der Waals surface area contributed by atoms with Crippen LogP contribution in [-0.2, 0) is 0 Å². The van der Waals surface area contributed by atoms with E-state index in [1.54, 1.807) is 66.7 Å². The standard InChI is InChI=1S/C115H117N9O12/c1-9-56-131-98-50-44-86-62-80(32-38-92(86)68-98)74(3)116-110(125)104-26-23-28-106(122-104)112(127)118-76(5)82-34-40-94-70-100(52-46-88(94)64-82)133-58-19-15-11-13-17-21-60-135-102-54-48-90-66-84(36-42-96(90)72-102)78(7)120-114(129)108-30-25-31-109(124-108)115(130)121-79(8)85-37-43-97-73-103(55-49-91(97)67-85)136-61-22-18-14-12-16-20-59-134-101-53-47-89-65-83(35-41-95(89)71-101)77(6)119-113(128)107-29-24-27-105(123-107)111(126)117-75(4)81-33-39-93-69-99(132-57-10-2)51-45-87(93)63-81/h9-10,23-55,62-79H,1-2,11-22,56-61H2,3-8H3,(H,116,125)(H,117,126)(H,118,127)(H,119,128)(H,120,129)(H,121,130)/t74-,75-,76-,77-,78-,79-/m1/s1. The third-order valence-corrected chi connectivity index (χ3v) is 24.6. The average molecular weight is 1820 g/mol. The first-order valence-electron chi connectivity index (χ1n) is 47.2. The zero-order chi connectivity index (χ0) is 94.8. The molecule has 0 aliphatic heterocycles. The van der Waals surface area contributed by atoms with E-state index in [0.717, 1.165) is 210 Å². The van der Waals surface area contributed by atoms with Gasteiger partial charge in [0.05, 0.1) is 62.7 Å². The molecule has 694 valence electrons. The molecule has 136 heavy (non-hydrogen) atoms. The predicted octanol–water partition coefficient (Wildman–Crippen LogP) is 24.5. The summed E-state index contributed by atoms with van der Waals surface area (Å²) in [7, 11) is 0. The number of fused-ring (bicyclic) bond motifs is 6. The van der Waals surface area contributed by atoms with Crippen molar-refractivity contribution < 1.29 is 57.2 Å². The second-order valence-electron chi connectivity index (χ2n) is 34.8. The van der Waals surface area contributed by atoms with Crippen LogP contribution in [-0.4, -0.2) is 90.0 Å². The van der Waals surface area contributed by atoms with Crippen LogP contribution in [0.15, 0.2) is 298 Å². The summed E-state index contributed by atoms with van der Waals surface area (Å²) in [6.45, 7) is 22.3. The topological polar surface area (TPSA) is 269 Å². The third-order valence-electron chi connectivity index (χ3n) is 24.6. The Labute approximate surface area is 794 Å². The number of nitrogens with zero attached hydrogens (tertiary/aromatic N) is 3. The van der Waals surface area contributed by atoms with Gasteiger partial charge in [-0.1, -0.05) is 204 Å². The van der Waals surface area contributed by atoms with Crippen molar-refractivity contribution in [1.29, 1.82) is 0 Å². The van der Waals surface area contributed by atoms with E-state index in [2.05, 4.69) is 96.4 Å². The Hall–Kier alpha value is -15.3. The van der Waals surface area contributed by atoms with Crippen LogP contribution in [0, 0.1) is 0 Å². The van der Waals surface area contributed by atoms with Crippen molar-refractivity contribution in [2.24, 2.45) is 0 Å². The van der Waals surface area contributed by atoms with Crippen molar-refractivity contribution in [2.75, 3.05) is 39.6 Å². The maximum atomic E-state index is 13.7. The van der Waals surface area contributed by atoms with Crippen LogP contribution in [0.2, 0.25) is 0 Å². The molecule has 15 rings (SSSR count). The lowest BCUT2D eigenvalue weighted by Crippen LogP contribution is -2.30. The summed E-state index contributed by atoms with van der Waals surface area (Å²) in [5.41, 5.74) is 6.48. The molecule has 6 atom stereocenters. The maximum Gasteiger partial charge on any atom is 0.270 e. The number of ether oxygens (including phenoxy) is 6. The first-order valence-corrected chi connectivity index (χ1v) is 47.2. The van der Waals surface area contributed by atoms with E-state index >= 15 is 0 Å². The smallest absolute Gasteiger partial charge is 0.270 e.